The number of carbonyl (C=O) groups is 1. The third-order valence-electron chi connectivity index (χ3n) is 3.81. The van der Waals surface area contributed by atoms with Crippen LogP contribution < -0.4 is 10.1 Å². The Bertz CT molecular complexity index is 929. The second kappa shape index (κ2) is 9.70. The van der Waals surface area contributed by atoms with Gasteiger partial charge in [0.15, 0.2) is 0 Å². The number of tetrazole rings is 1. The van der Waals surface area contributed by atoms with E-state index in [1.807, 2.05) is 61.5 Å². The number of rotatable bonds is 9. The van der Waals surface area contributed by atoms with Crippen LogP contribution in [0.4, 0.5) is 5.69 Å². The summed E-state index contributed by atoms with van der Waals surface area (Å²) < 4.78 is 7.22. The van der Waals surface area contributed by atoms with Crippen LogP contribution in [0, 0.1) is 0 Å². The van der Waals surface area contributed by atoms with Crippen LogP contribution >= 0.6 is 11.8 Å². The van der Waals surface area contributed by atoms with E-state index in [0.29, 0.717) is 29.7 Å². The lowest BCUT2D eigenvalue weighted by Gasteiger charge is -2.18. The van der Waals surface area contributed by atoms with Crippen molar-refractivity contribution in [3.05, 3.63) is 72.8 Å². The first-order valence-corrected chi connectivity index (χ1v) is 9.72. The summed E-state index contributed by atoms with van der Waals surface area (Å²) in [4.78, 5) is 13.2. The second-order valence-corrected chi connectivity index (χ2v) is 6.83. The number of benzene rings is 2. The number of anilines is 1. The van der Waals surface area contributed by atoms with Gasteiger partial charge in [-0.15, -0.1) is 11.7 Å². The largest absolute Gasteiger partial charge is 0.492 e. The molecule has 0 aliphatic heterocycles. The molecule has 7 nitrogen and oxygen atoms in total. The average molecular weight is 395 g/mol. The van der Waals surface area contributed by atoms with Gasteiger partial charge in [0.1, 0.15) is 11.0 Å². The average Bonchev–Trinajstić information content (AvgIpc) is 3.15. The Morgan fingerprint density at radius 2 is 2.00 bits per heavy atom. The molecule has 1 aromatic heterocycles. The summed E-state index contributed by atoms with van der Waals surface area (Å²) in [7, 11) is 0. The standard InChI is InChI=1S/C20H21N5O2S/c1-3-14-25-20(22-23-24-25)28-18(15-10-6-5-7-11-15)19(26)21-16-12-8-9-13-17(16)27-4-2/h3,5-13,18H,1,4,14H2,2H3,(H,21,26). The number of nitrogens with one attached hydrogen (secondary N) is 1. The molecule has 1 amide bonds. The first-order chi connectivity index (χ1) is 13.7. The zero-order chi connectivity index (χ0) is 19.8. The number of thioether (sulfide) groups is 1. The Morgan fingerprint density at radius 1 is 1.25 bits per heavy atom. The number of ether oxygens (including phenoxy) is 1. The molecule has 2 aromatic carbocycles. The van der Waals surface area contributed by atoms with E-state index in [1.54, 1.807) is 10.8 Å². The molecule has 0 saturated heterocycles. The maximum absolute atomic E-state index is 13.2. The number of aromatic nitrogens is 4. The number of carbonyl (C=O) groups excluding carboxylic acids is 1. The molecule has 144 valence electrons. The minimum Gasteiger partial charge on any atom is -0.492 e. The van der Waals surface area contributed by atoms with Gasteiger partial charge < -0.3 is 10.1 Å². The lowest BCUT2D eigenvalue weighted by molar-refractivity contribution is -0.115. The molecule has 3 rings (SSSR count). The molecule has 1 heterocycles. The van der Waals surface area contributed by atoms with Gasteiger partial charge >= 0.3 is 0 Å². The van der Waals surface area contributed by atoms with Crippen LogP contribution in [0.15, 0.2) is 72.4 Å². The summed E-state index contributed by atoms with van der Waals surface area (Å²) >= 11 is 1.29. The fourth-order valence-corrected chi connectivity index (χ4v) is 3.56. The third kappa shape index (κ3) is 4.77. The van der Waals surface area contributed by atoms with E-state index >= 15 is 0 Å². The first-order valence-electron chi connectivity index (χ1n) is 8.84. The number of amides is 1. The summed E-state index contributed by atoms with van der Waals surface area (Å²) in [6.45, 7) is 6.59. The van der Waals surface area contributed by atoms with Crippen molar-refractivity contribution >= 4 is 23.4 Å². The van der Waals surface area contributed by atoms with E-state index in [-0.39, 0.29) is 5.91 Å². The number of hydrogen-bond acceptors (Lipinski definition) is 6. The fraction of sp³-hybridized carbons (Fsp3) is 0.200. The van der Waals surface area contributed by atoms with Crippen molar-refractivity contribution in [3.8, 4) is 5.75 Å². The van der Waals surface area contributed by atoms with Crippen LogP contribution in [0.3, 0.4) is 0 Å². The van der Waals surface area contributed by atoms with Crippen molar-refractivity contribution in [1.29, 1.82) is 0 Å². The summed E-state index contributed by atoms with van der Waals surface area (Å²) in [5.74, 6) is 0.447. The fourth-order valence-electron chi connectivity index (χ4n) is 2.57. The van der Waals surface area contributed by atoms with Gasteiger partial charge in [-0.2, -0.15) is 0 Å². The van der Waals surface area contributed by atoms with Gasteiger partial charge in [-0.05, 0) is 35.0 Å². The maximum atomic E-state index is 13.2. The molecule has 1 atom stereocenters. The van der Waals surface area contributed by atoms with E-state index in [0.717, 1.165) is 5.56 Å². The highest BCUT2D eigenvalue weighted by molar-refractivity contribution is 8.00. The topological polar surface area (TPSA) is 81.9 Å². The number of para-hydroxylation sites is 2. The molecule has 0 radical (unpaired) electrons. The van der Waals surface area contributed by atoms with Crippen molar-refractivity contribution in [2.45, 2.75) is 23.9 Å². The van der Waals surface area contributed by atoms with Gasteiger partial charge in [-0.3, -0.25) is 4.79 Å². The normalized spacial score (nSPS) is 11.6. The molecule has 3 aromatic rings. The SMILES string of the molecule is C=CCn1nnnc1SC(C(=O)Nc1ccccc1OCC)c1ccccc1. The molecule has 0 aliphatic rings. The van der Waals surface area contributed by atoms with Crippen molar-refractivity contribution in [2.75, 3.05) is 11.9 Å². The van der Waals surface area contributed by atoms with Crippen molar-refractivity contribution in [1.82, 2.24) is 20.2 Å². The van der Waals surface area contributed by atoms with Crippen LogP contribution in [-0.4, -0.2) is 32.7 Å². The Labute approximate surface area is 167 Å². The minimum atomic E-state index is -0.537. The highest BCUT2D eigenvalue weighted by Gasteiger charge is 2.25. The lowest BCUT2D eigenvalue weighted by Crippen LogP contribution is -2.20. The van der Waals surface area contributed by atoms with E-state index in [2.05, 4.69) is 27.4 Å². The number of allylic oxidation sites excluding steroid dienone is 1. The van der Waals surface area contributed by atoms with Crippen LogP contribution in [-0.2, 0) is 11.3 Å². The lowest BCUT2D eigenvalue weighted by atomic mass is 10.1. The number of nitrogens with zero attached hydrogens (tertiary/aromatic N) is 4. The zero-order valence-electron chi connectivity index (χ0n) is 15.5. The van der Waals surface area contributed by atoms with Crippen LogP contribution in [0.5, 0.6) is 5.75 Å². The molecule has 0 fully saturated rings. The highest BCUT2D eigenvalue weighted by Crippen LogP contribution is 2.36. The van der Waals surface area contributed by atoms with Gasteiger partial charge in [0.2, 0.25) is 11.1 Å². The van der Waals surface area contributed by atoms with Crippen molar-refractivity contribution in [2.24, 2.45) is 0 Å². The third-order valence-corrected chi connectivity index (χ3v) is 5.03. The van der Waals surface area contributed by atoms with E-state index in [4.69, 9.17) is 4.74 Å². The molecule has 28 heavy (non-hydrogen) atoms. The Balaban J connectivity index is 1.88. The van der Waals surface area contributed by atoms with Gasteiger partial charge in [-0.25, -0.2) is 4.68 Å². The highest BCUT2D eigenvalue weighted by atomic mass is 32.2. The van der Waals surface area contributed by atoms with Gasteiger partial charge in [0.25, 0.3) is 0 Å². The van der Waals surface area contributed by atoms with E-state index < -0.39 is 5.25 Å². The monoisotopic (exact) mass is 395 g/mol. The summed E-state index contributed by atoms with van der Waals surface area (Å²) in [6, 6.07) is 16.9. The van der Waals surface area contributed by atoms with Gasteiger partial charge in [0.05, 0.1) is 18.8 Å². The Hall–Kier alpha value is -3.13. The summed E-state index contributed by atoms with van der Waals surface area (Å²) in [5, 5.41) is 14.7. The van der Waals surface area contributed by atoms with Crippen LogP contribution in [0.2, 0.25) is 0 Å². The number of hydrogen-bond donors (Lipinski definition) is 1. The Morgan fingerprint density at radius 3 is 2.75 bits per heavy atom. The molecular weight excluding hydrogens is 374 g/mol. The van der Waals surface area contributed by atoms with Gasteiger partial charge in [0, 0.05) is 0 Å². The van der Waals surface area contributed by atoms with Crippen molar-refractivity contribution in [3.63, 3.8) is 0 Å². The maximum Gasteiger partial charge on any atom is 0.242 e. The summed E-state index contributed by atoms with van der Waals surface area (Å²) in [5.41, 5.74) is 1.48. The Kier molecular flexibility index (Phi) is 6.80. The minimum absolute atomic E-state index is 0.184. The van der Waals surface area contributed by atoms with Crippen LogP contribution in [0.25, 0.3) is 0 Å². The van der Waals surface area contributed by atoms with Crippen LogP contribution in [0.1, 0.15) is 17.7 Å². The molecule has 0 bridgehead atoms. The van der Waals surface area contributed by atoms with E-state index in [1.165, 1.54) is 11.8 Å². The zero-order valence-corrected chi connectivity index (χ0v) is 16.3. The first kappa shape index (κ1) is 19.6. The predicted octanol–water partition coefficient (Wildman–Crippen LogP) is 3.73. The molecule has 1 unspecified atom stereocenters. The molecule has 0 spiro atoms. The van der Waals surface area contributed by atoms with Crippen molar-refractivity contribution < 1.29 is 9.53 Å². The molecule has 1 N–H and O–H groups in total. The summed E-state index contributed by atoms with van der Waals surface area (Å²) in [6.07, 6.45) is 1.70. The second-order valence-electron chi connectivity index (χ2n) is 5.76. The molecule has 0 saturated carbocycles. The van der Waals surface area contributed by atoms with E-state index in [9.17, 15) is 4.79 Å². The predicted molar refractivity (Wildman–Crippen MR) is 109 cm³/mol. The van der Waals surface area contributed by atoms with Gasteiger partial charge in [-0.1, -0.05) is 60.3 Å². The molecule has 0 aliphatic carbocycles. The molecule has 8 heteroatoms. The smallest absolute Gasteiger partial charge is 0.242 e. The molecular formula is C20H21N5O2S. The quantitative estimate of drug-likeness (QED) is 0.439.